The van der Waals surface area contributed by atoms with Gasteiger partial charge in [0.05, 0.1) is 5.02 Å². The molecule has 5 rings (SSSR count). The minimum atomic E-state index is 0.405. The molecule has 3 aromatic carbocycles. The molecule has 1 heterocycles. The van der Waals surface area contributed by atoms with Crippen LogP contribution in [0.15, 0.2) is 97.5 Å². The summed E-state index contributed by atoms with van der Waals surface area (Å²) in [5.74, 6) is 0.945. The van der Waals surface area contributed by atoms with Crippen LogP contribution in [0.5, 0.6) is 11.6 Å². The van der Waals surface area contributed by atoms with Gasteiger partial charge in [0.15, 0.2) is 0 Å². The van der Waals surface area contributed by atoms with E-state index in [1.165, 1.54) is 36.8 Å². The third kappa shape index (κ3) is 7.93. The highest BCUT2D eigenvalue weighted by Crippen LogP contribution is 2.33. The fraction of sp³-hybridized carbons (Fsp3) is 0.250. The number of rotatable bonds is 9. The number of aryl methyl sites for hydroxylation is 1. The van der Waals surface area contributed by atoms with Gasteiger partial charge in [-0.15, -0.1) is 0 Å². The van der Waals surface area contributed by atoms with Gasteiger partial charge in [-0.25, -0.2) is 9.97 Å². The van der Waals surface area contributed by atoms with Gasteiger partial charge in [-0.05, 0) is 41.8 Å². The molecule has 4 nitrogen and oxygen atoms in total. The second-order valence-corrected chi connectivity index (χ2v) is 9.61. The van der Waals surface area contributed by atoms with Gasteiger partial charge in [-0.3, -0.25) is 0 Å². The maximum atomic E-state index is 6.23. The summed E-state index contributed by atoms with van der Waals surface area (Å²) < 4.78 is 5.94. The summed E-state index contributed by atoms with van der Waals surface area (Å²) in [5, 5.41) is 3.91. The lowest BCUT2D eigenvalue weighted by molar-refractivity contribution is 0.463. The lowest BCUT2D eigenvalue weighted by Gasteiger charge is -2.12. The quantitative estimate of drug-likeness (QED) is 0.243. The van der Waals surface area contributed by atoms with E-state index in [0.717, 1.165) is 36.2 Å². The number of benzene rings is 3. The fourth-order valence-electron chi connectivity index (χ4n) is 3.80. The fourth-order valence-corrected chi connectivity index (χ4v) is 3.97. The zero-order valence-electron chi connectivity index (χ0n) is 21.4. The molecule has 0 saturated heterocycles. The minimum Gasteiger partial charge on any atom is -0.435 e. The molecule has 37 heavy (non-hydrogen) atoms. The number of aromatic nitrogens is 2. The van der Waals surface area contributed by atoms with Gasteiger partial charge in [0.25, 0.3) is 0 Å². The molecule has 5 heteroatoms. The highest BCUT2D eigenvalue weighted by atomic mass is 35.5. The number of nitrogens with one attached hydrogen (secondary N) is 1. The highest BCUT2D eigenvalue weighted by molar-refractivity contribution is 6.32. The monoisotopic (exact) mass is 511 g/mol. The summed E-state index contributed by atoms with van der Waals surface area (Å²) in [7, 11) is 0. The van der Waals surface area contributed by atoms with Crippen molar-refractivity contribution in [2.45, 2.75) is 51.9 Å². The summed E-state index contributed by atoms with van der Waals surface area (Å²) >= 11 is 6.23. The molecule has 0 amide bonds. The van der Waals surface area contributed by atoms with Crippen LogP contribution in [-0.2, 0) is 12.8 Å². The van der Waals surface area contributed by atoms with Crippen molar-refractivity contribution in [2.24, 2.45) is 0 Å². The average molecular weight is 512 g/mol. The van der Waals surface area contributed by atoms with Crippen LogP contribution in [0.1, 0.15) is 50.2 Å². The topological polar surface area (TPSA) is 47.0 Å². The molecule has 0 atom stereocenters. The Bertz CT molecular complexity index is 1280. The van der Waals surface area contributed by atoms with Gasteiger partial charge >= 0.3 is 0 Å². The second kappa shape index (κ2) is 13.6. The normalized spacial score (nSPS) is 12.1. The SMILES string of the molecule is C1CCC1.C=C(Cc1ccc(CCC)cc1)Nc1ccc(-c2nccnc2Oc2ccccc2Cl)cc1. The molecule has 0 aliphatic heterocycles. The first-order chi connectivity index (χ1) is 18.1. The lowest BCUT2D eigenvalue weighted by Crippen LogP contribution is -2.02. The first-order valence-electron chi connectivity index (χ1n) is 13.0. The van der Waals surface area contributed by atoms with Gasteiger partial charge < -0.3 is 10.1 Å². The number of allylic oxidation sites excluding steroid dienone is 1. The number of hydrogen-bond acceptors (Lipinski definition) is 4. The molecule has 1 aromatic heterocycles. The van der Waals surface area contributed by atoms with Crippen LogP contribution in [0.3, 0.4) is 0 Å². The molecule has 0 radical (unpaired) electrons. The molecule has 190 valence electrons. The van der Waals surface area contributed by atoms with E-state index in [4.69, 9.17) is 16.3 Å². The Balaban J connectivity index is 0.000000730. The van der Waals surface area contributed by atoms with Crippen LogP contribution in [0.25, 0.3) is 11.3 Å². The molecule has 1 fully saturated rings. The second-order valence-electron chi connectivity index (χ2n) is 9.21. The Morgan fingerprint density at radius 2 is 1.51 bits per heavy atom. The summed E-state index contributed by atoms with van der Waals surface area (Å²) in [6, 6.07) is 24.0. The first kappa shape index (κ1) is 26.4. The van der Waals surface area contributed by atoms with E-state index >= 15 is 0 Å². The summed E-state index contributed by atoms with van der Waals surface area (Å²) in [4.78, 5) is 8.83. The van der Waals surface area contributed by atoms with Crippen LogP contribution in [0.2, 0.25) is 5.02 Å². The third-order valence-corrected chi connectivity index (χ3v) is 6.48. The van der Waals surface area contributed by atoms with Crippen LogP contribution >= 0.6 is 11.6 Å². The molecule has 0 unspecified atom stereocenters. The largest absolute Gasteiger partial charge is 0.435 e. The van der Waals surface area contributed by atoms with E-state index in [-0.39, 0.29) is 0 Å². The number of para-hydroxylation sites is 1. The number of anilines is 1. The molecular formula is C32H34ClN3O. The zero-order chi connectivity index (χ0) is 25.9. The van der Waals surface area contributed by atoms with Gasteiger partial charge in [-0.1, -0.05) is 106 Å². The lowest BCUT2D eigenvalue weighted by atomic mass is 10.0. The van der Waals surface area contributed by atoms with Gasteiger partial charge in [-0.2, -0.15) is 0 Å². The molecule has 0 spiro atoms. The van der Waals surface area contributed by atoms with Crippen molar-refractivity contribution in [3.05, 3.63) is 114 Å². The van der Waals surface area contributed by atoms with Crippen molar-refractivity contribution in [1.82, 2.24) is 9.97 Å². The number of halogens is 1. The van der Waals surface area contributed by atoms with E-state index in [1.807, 2.05) is 36.4 Å². The highest BCUT2D eigenvalue weighted by Gasteiger charge is 2.12. The van der Waals surface area contributed by atoms with Gasteiger partial charge in [0, 0.05) is 35.8 Å². The molecule has 1 N–H and O–H groups in total. The molecule has 4 aromatic rings. The van der Waals surface area contributed by atoms with E-state index in [9.17, 15) is 0 Å². The van der Waals surface area contributed by atoms with Crippen molar-refractivity contribution in [2.75, 3.05) is 5.32 Å². The number of ether oxygens (including phenoxy) is 1. The maximum Gasteiger partial charge on any atom is 0.246 e. The number of nitrogens with zero attached hydrogens (tertiary/aromatic N) is 2. The zero-order valence-corrected chi connectivity index (χ0v) is 22.2. The Kier molecular flexibility index (Phi) is 9.73. The number of hydrogen-bond donors (Lipinski definition) is 1. The van der Waals surface area contributed by atoms with Crippen molar-refractivity contribution in [3.63, 3.8) is 0 Å². The maximum absolute atomic E-state index is 6.23. The van der Waals surface area contributed by atoms with Crippen LogP contribution in [-0.4, -0.2) is 9.97 Å². The molecular weight excluding hydrogens is 478 g/mol. The predicted molar refractivity (Wildman–Crippen MR) is 154 cm³/mol. The van der Waals surface area contributed by atoms with Crippen LogP contribution < -0.4 is 10.1 Å². The van der Waals surface area contributed by atoms with Gasteiger partial charge in [0.2, 0.25) is 5.88 Å². The average Bonchev–Trinajstić information content (AvgIpc) is 2.87. The van der Waals surface area contributed by atoms with Crippen molar-refractivity contribution in [3.8, 4) is 22.9 Å². The molecule has 1 saturated carbocycles. The predicted octanol–water partition coefficient (Wildman–Crippen LogP) is 9.27. The standard InChI is InChI=1S/C28H26ClN3O.C4H8/c1-3-6-21-9-11-22(12-10-21)19-20(2)32-24-15-13-23(14-16-24)27-28(31-18-17-30-27)33-26-8-5-4-7-25(26)29;1-2-4-3-1/h4-5,7-18,32H,2-3,6,19H2,1H3;1-4H2. The summed E-state index contributed by atoms with van der Waals surface area (Å²) in [5.41, 5.74) is 6.06. The molecule has 1 aliphatic rings. The van der Waals surface area contributed by atoms with E-state index in [2.05, 4.69) is 53.1 Å². The van der Waals surface area contributed by atoms with E-state index in [1.54, 1.807) is 24.5 Å². The smallest absolute Gasteiger partial charge is 0.246 e. The molecule has 1 aliphatic carbocycles. The van der Waals surface area contributed by atoms with E-state index < -0.39 is 0 Å². The Morgan fingerprint density at radius 1 is 0.865 bits per heavy atom. The van der Waals surface area contributed by atoms with Crippen molar-refractivity contribution in [1.29, 1.82) is 0 Å². The first-order valence-corrected chi connectivity index (χ1v) is 13.4. The molecule has 0 bridgehead atoms. The third-order valence-electron chi connectivity index (χ3n) is 6.17. The van der Waals surface area contributed by atoms with Crippen LogP contribution in [0, 0.1) is 0 Å². The van der Waals surface area contributed by atoms with Gasteiger partial charge in [0.1, 0.15) is 11.4 Å². The van der Waals surface area contributed by atoms with Crippen molar-refractivity contribution < 1.29 is 4.74 Å². The Morgan fingerprint density at radius 3 is 2.16 bits per heavy atom. The summed E-state index contributed by atoms with van der Waals surface area (Å²) in [6.45, 7) is 6.38. The van der Waals surface area contributed by atoms with Crippen molar-refractivity contribution >= 4 is 17.3 Å². The Labute approximate surface area is 225 Å². The van der Waals surface area contributed by atoms with E-state index in [0.29, 0.717) is 22.3 Å². The Hall–Kier alpha value is -3.63. The minimum absolute atomic E-state index is 0.405. The summed E-state index contributed by atoms with van der Waals surface area (Å²) in [6.07, 6.45) is 12.3. The van der Waals surface area contributed by atoms with Crippen LogP contribution in [0.4, 0.5) is 5.69 Å².